The van der Waals surface area contributed by atoms with Gasteiger partial charge in [-0.3, -0.25) is 9.59 Å². The molecule has 0 aliphatic carbocycles. The number of fused-ring (bicyclic) bond motifs is 1. The largest absolute Gasteiger partial charge is 0.462 e. The first-order chi connectivity index (χ1) is 15.2. The third kappa shape index (κ3) is 4.26. The number of esters is 1. The molecule has 4 rings (SSSR count). The molecule has 170 valence electrons. The van der Waals surface area contributed by atoms with Gasteiger partial charge in [0, 0.05) is 17.8 Å². The van der Waals surface area contributed by atoms with Gasteiger partial charge in [0.25, 0.3) is 0 Å². The number of carbonyl (C=O) groups is 3. The number of sulfone groups is 1. The van der Waals surface area contributed by atoms with Crippen molar-refractivity contribution in [3.63, 3.8) is 0 Å². The lowest BCUT2D eigenvalue weighted by atomic mass is 10.1. The predicted octanol–water partition coefficient (Wildman–Crippen LogP) is 2.53. The second kappa shape index (κ2) is 8.62. The van der Waals surface area contributed by atoms with Gasteiger partial charge >= 0.3 is 5.97 Å². The summed E-state index contributed by atoms with van der Waals surface area (Å²) >= 11 is 1.04. The zero-order valence-corrected chi connectivity index (χ0v) is 18.9. The molecule has 1 N–H and O–H groups in total. The molecule has 1 unspecified atom stereocenters. The van der Waals surface area contributed by atoms with Crippen molar-refractivity contribution in [2.24, 2.45) is 5.92 Å². The van der Waals surface area contributed by atoms with Crippen molar-refractivity contribution in [3.8, 4) is 0 Å². The summed E-state index contributed by atoms with van der Waals surface area (Å²) in [5.74, 6) is -3.08. The van der Waals surface area contributed by atoms with Gasteiger partial charge < -0.3 is 15.0 Å². The van der Waals surface area contributed by atoms with Crippen LogP contribution in [0, 0.1) is 11.7 Å². The molecule has 1 aromatic carbocycles. The van der Waals surface area contributed by atoms with Crippen molar-refractivity contribution < 1.29 is 31.9 Å². The van der Waals surface area contributed by atoms with Gasteiger partial charge in [0.2, 0.25) is 11.8 Å². The van der Waals surface area contributed by atoms with E-state index in [4.69, 9.17) is 4.74 Å². The van der Waals surface area contributed by atoms with Crippen LogP contribution in [0.5, 0.6) is 0 Å². The van der Waals surface area contributed by atoms with E-state index < -0.39 is 33.4 Å². The SMILES string of the molecule is CCOC(=O)c1c(NC(=O)C2CC(=O)N(c3ccccc3F)C2)sc2c1CCS(=O)(=O)C2. The van der Waals surface area contributed by atoms with Gasteiger partial charge in [-0.05, 0) is 31.0 Å². The van der Waals surface area contributed by atoms with E-state index in [-0.39, 0.29) is 59.7 Å². The molecule has 1 aromatic heterocycles. The summed E-state index contributed by atoms with van der Waals surface area (Å²) in [6.07, 6.45) is 0.0650. The van der Waals surface area contributed by atoms with E-state index in [2.05, 4.69) is 5.32 Å². The van der Waals surface area contributed by atoms with Gasteiger partial charge in [0.1, 0.15) is 10.8 Å². The lowest BCUT2D eigenvalue weighted by Gasteiger charge is -2.17. The van der Waals surface area contributed by atoms with E-state index >= 15 is 0 Å². The molecule has 32 heavy (non-hydrogen) atoms. The quantitative estimate of drug-likeness (QED) is 0.659. The summed E-state index contributed by atoms with van der Waals surface area (Å²) < 4.78 is 43.3. The van der Waals surface area contributed by atoms with Crippen molar-refractivity contribution in [2.45, 2.75) is 25.5 Å². The van der Waals surface area contributed by atoms with Crippen molar-refractivity contribution >= 4 is 49.6 Å². The highest BCUT2D eigenvalue weighted by molar-refractivity contribution is 7.90. The zero-order chi connectivity index (χ0) is 23.0. The van der Waals surface area contributed by atoms with Crippen LogP contribution in [0.15, 0.2) is 24.3 Å². The summed E-state index contributed by atoms with van der Waals surface area (Å²) in [4.78, 5) is 39.7. The van der Waals surface area contributed by atoms with Crippen LogP contribution in [0.4, 0.5) is 15.1 Å². The van der Waals surface area contributed by atoms with Gasteiger partial charge in [0.05, 0.1) is 35.3 Å². The Labute approximate surface area is 188 Å². The fourth-order valence-corrected chi connectivity index (χ4v) is 6.97. The summed E-state index contributed by atoms with van der Waals surface area (Å²) in [6.45, 7) is 1.78. The van der Waals surface area contributed by atoms with Gasteiger partial charge in [-0.25, -0.2) is 17.6 Å². The summed E-state index contributed by atoms with van der Waals surface area (Å²) in [6, 6.07) is 5.83. The zero-order valence-electron chi connectivity index (χ0n) is 17.2. The number of amides is 2. The molecule has 0 saturated carbocycles. The monoisotopic (exact) mass is 480 g/mol. The minimum Gasteiger partial charge on any atom is -0.462 e. The van der Waals surface area contributed by atoms with Crippen LogP contribution in [0.25, 0.3) is 0 Å². The standard InChI is InChI=1S/C21H21FN2O6S2/c1-2-30-21(27)18-13-7-8-32(28,29)11-16(13)31-20(18)23-19(26)12-9-17(25)24(10-12)15-6-4-3-5-14(15)22/h3-6,12H,2,7-11H2,1H3,(H,23,26). The van der Waals surface area contributed by atoms with Crippen molar-refractivity contribution in [2.75, 3.05) is 29.1 Å². The number of nitrogens with zero attached hydrogens (tertiary/aromatic N) is 1. The van der Waals surface area contributed by atoms with Crippen LogP contribution in [0.2, 0.25) is 0 Å². The van der Waals surface area contributed by atoms with E-state index in [1.165, 1.54) is 23.1 Å². The molecule has 1 fully saturated rings. The Morgan fingerprint density at radius 3 is 2.78 bits per heavy atom. The van der Waals surface area contributed by atoms with Crippen LogP contribution >= 0.6 is 11.3 Å². The van der Waals surface area contributed by atoms with E-state index in [9.17, 15) is 27.2 Å². The number of carbonyl (C=O) groups excluding carboxylic acids is 3. The molecule has 8 nitrogen and oxygen atoms in total. The Hall–Kier alpha value is -2.79. The molecule has 2 aliphatic heterocycles. The van der Waals surface area contributed by atoms with Crippen LogP contribution < -0.4 is 10.2 Å². The maximum atomic E-state index is 14.1. The second-order valence-corrected chi connectivity index (χ2v) is 10.9. The van der Waals surface area contributed by atoms with Crippen molar-refractivity contribution in [1.29, 1.82) is 0 Å². The van der Waals surface area contributed by atoms with Gasteiger partial charge in [-0.1, -0.05) is 12.1 Å². The fourth-order valence-electron chi connectivity index (χ4n) is 3.93. The average Bonchev–Trinajstić information content (AvgIpc) is 3.27. The third-order valence-corrected chi connectivity index (χ3v) is 8.34. The normalized spacial score (nSPS) is 19.5. The molecule has 11 heteroatoms. The van der Waals surface area contributed by atoms with E-state index in [0.29, 0.717) is 10.4 Å². The predicted molar refractivity (Wildman–Crippen MR) is 117 cm³/mol. The molecule has 2 aliphatic rings. The molecular formula is C21H21FN2O6S2. The number of nitrogens with one attached hydrogen (secondary N) is 1. The highest BCUT2D eigenvalue weighted by Crippen LogP contribution is 2.39. The van der Waals surface area contributed by atoms with Gasteiger partial charge in [-0.15, -0.1) is 11.3 Å². The Balaban J connectivity index is 1.58. The second-order valence-electron chi connectivity index (χ2n) is 7.62. The minimum absolute atomic E-state index is 0.000190. The number of halogens is 1. The summed E-state index contributed by atoms with van der Waals surface area (Å²) in [5, 5.41) is 2.91. The number of anilines is 2. The molecule has 0 spiro atoms. The lowest BCUT2D eigenvalue weighted by molar-refractivity contribution is -0.122. The topological polar surface area (TPSA) is 110 Å². The number of thiophene rings is 1. The van der Waals surface area contributed by atoms with Crippen LogP contribution in [0.3, 0.4) is 0 Å². The summed E-state index contributed by atoms with van der Waals surface area (Å²) in [5.41, 5.74) is 0.858. The highest BCUT2D eigenvalue weighted by atomic mass is 32.2. The first kappa shape index (κ1) is 22.4. The number of hydrogen-bond acceptors (Lipinski definition) is 7. The van der Waals surface area contributed by atoms with E-state index in [1.807, 2.05) is 0 Å². The van der Waals surface area contributed by atoms with E-state index in [0.717, 1.165) is 11.3 Å². The van der Waals surface area contributed by atoms with Crippen molar-refractivity contribution in [1.82, 2.24) is 0 Å². The molecular weight excluding hydrogens is 459 g/mol. The Kier molecular flexibility index (Phi) is 6.04. The molecule has 3 heterocycles. The van der Waals surface area contributed by atoms with Crippen LogP contribution in [0.1, 0.15) is 34.1 Å². The van der Waals surface area contributed by atoms with Crippen LogP contribution in [-0.2, 0) is 36.3 Å². The molecule has 1 atom stereocenters. The van der Waals surface area contributed by atoms with Crippen LogP contribution in [-0.4, -0.2) is 45.1 Å². The lowest BCUT2D eigenvalue weighted by Crippen LogP contribution is -2.29. The first-order valence-electron chi connectivity index (χ1n) is 10.1. The maximum Gasteiger partial charge on any atom is 0.341 e. The molecule has 1 saturated heterocycles. The Bertz CT molecular complexity index is 1210. The molecule has 0 bridgehead atoms. The Morgan fingerprint density at radius 2 is 2.06 bits per heavy atom. The third-order valence-electron chi connectivity index (χ3n) is 5.46. The fraction of sp³-hybridized carbons (Fsp3) is 0.381. The number of hydrogen-bond donors (Lipinski definition) is 1. The molecule has 0 radical (unpaired) electrons. The Morgan fingerprint density at radius 1 is 1.31 bits per heavy atom. The smallest absolute Gasteiger partial charge is 0.341 e. The molecule has 2 aromatic rings. The van der Waals surface area contributed by atoms with Gasteiger partial charge in [0.15, 0.2) is 9.84 Å². The minimum atomic E-state index is -3.27. The summed E-state index contributed by atoms with van der Waals surface area (Å²) in [7, 11) is -3.27. The van der Waals surface area contributed by atoms with E-state index in [1.54, 1.807) is 13.0 Å². The first-order valence-corrected chi connectivity index (χ1v) is 12.7. The molecule has 2 amide bonds. The average molecular weight is 481 g/mol. The number of rotatable bonds is 5. The maximum absolute atomic E-state index is 14.1. The van der Waals surface area contributed by atoms with Gasteiger partial charge in [-0.2, -0.15) is 0 Å². The number of benzene rings is 1. The number of ether oxygens (including phenoxy) is 1. The van der Waals surface area contributed by atoms with Crippen molar-refractivity contribution in [3.05, 3.63) is 46.1 Å². The highest BCUT2D eigenvalue weighted by Gasteiger charge is 2.38. The number of para-hydroxylation sites is 1.